The maximum absolute atomic E-state index is 11.2. The van der Waals surface area contributed by atoms with E-state index in [2.05, 4.69) is 263 Å². The number of hydrogen-bond donors (Lipinski definition) is 0. The van der Waals surface area contributed by atoms with E-state index in [0.717, 1.165) is 40.6 Å². The van der Waals surface area contributed by atoms with Crippen LogP contribution in [0.3, 0.4) is 0 Å². The number of sulfone groups is 1. The van der Waals surface area contributed by atoms with Gasteiger partial charge in [-0.15, -0.1) is 5.10 Å². The first-order chi connectivity index (χ1) is 43.4. The maximum atomic E-state index is 11.2. The van der Waals surface area contributed by atoms with E-state index in [1.54, 1.807) is 23.1 Å². The Morgan fingerprint density at radius 1 is 0.452 bits per heavy atom. The zero-order chi connectivity index (χ0) is 74.8. The first kappa shape index (κ1) is 107. The Morgan fingerprint density at radius 2 is 0.817 bits per heavy atom. The van der Waals surface area contributed by atoms with Crippen LogP contribution >= 0.6 is 0 Å². The summed E-state index contributed by atoms with van der Waals surface area (Å²) in [6, 6.07) is 30.3. The minimum atomic E-state index is -3.02. The molecule has 6 aromatic rings. The third kappa shape index (κ3) is 77.9. The van der Waals surface area contributed by atoms with Crippen molar-refractivity contribution in [3.8, 4) is 0 Å². The molecule has 2 aromatic carbocycles. The molecule has 10 heteroatoms. The SMILES string of the molecule is C1CCCCC1.CC.CC.CC.CC.CC.CC.CC(C)(C)C.CC(C)(C)c1ccccc1.CC(C)C.CC(C)C.CC(C)C.CC(C)C.CN1CCCC1.Cc1c(C(C)(C)C)nnn1C.Cn1ccc2ccccc21.O=S1(=O)CCc2cccnc21.c1ccncc1. The van der Waals surface area contributed by atoms with Gasteiger partial charge >= 0.3 is 0 Å². The van der Waals surface area contributed by atoms with Crippen LogP contribution in [0.15, 0.2) is 121 Å². The van der Waals surface area contributed by atoms with Crippen molar-refractivity contribution in [3.63, 3.8) is 0 Å². The highest BCUT2D eigenvalue weighted by Gasteiger charge is 2.26. The van der Waals surface area contributed by atoms with Crippen LogP contribution in [-0.2, 0) is 41.2 Å². The first-order valence-corrected chi connectivity index (χ1v) is 38.2. The van der Waals surface area contributed by atoms with Crippen molar-refractivity contribution in [1.82, 2.24) is 34.4 Å². The Balaban J connectivity index is -0.000000118. The van der Waals surface area contributed by atoms with Gasteiger partial charge in [-0.3, -0.25) is 9.67 Å². The highest BCUT2D eigenvalue weighted by molar-refractivity contribution is 7.91. The molecule has 0 radical (unpaired) electrons. The van der Waals surface area contributed by atoms with Crippen LogP contribution in [0.1, 0.15) is 309 Å². The summed E-state index contributed by atoms with van der Waals surface area (Å²) in [6.07, 6.45) is 19.5. The quantitative estimate of drug-likeness (QED) is 0.149. The van der Waals surface area contributed by atoms with Crippen molar-refractivity contribution < 1.29 is 8.42 Å². The van der Waals surface area contributed by atoms with Gasteiger partial charge < -0.3 is 9.47 Å². The predicted octanol–water partition coefficient (Wildman–Crippen LogP) is 26.0. The highest BCUT2D eigenvalue weighted by Crippen LogP contribution is 2.24. The van der Waals surface area contributed by atoms with Gasteiger partial charge in [0, 0.05) is 49.8 Å². The molecule has 0 bridgehead atoms. The molecule has 9 nitrogen and oxygen atoms in total. The fourth-order valence-corrected chi connectivity index (χ4v) is 8.21. The van der Waals surface area contributed by atoms with Gasteiger partial charge in [0.05, 0.1) is 17.1 Å². The van der Waals surface area contributed by atoms with Crippen molar-refractivity contribution in [2.45, 2.75) is 316 Å². The van der Waals surface area contributed by atoms with E-state index in [-0.39, 0.29) is 16.2 Å². The lowest BCUT2D eigenvalue weighted by Gasteiger charge is -2.18. The lowest BCUT2D eigenvalue weighted by molar-refractivity contribution is 0.418. The topological polar surface area (TPSA) is 98.8 Å². The number of pyridine rings is 2. The molecule has 3 aliphatic rings. The average molecular weight is 1320 g/mol. The second-order valence-electron chi connectivity index (χ2n) is 27.6. The van der Waals surface area contributed by atoms with Crippen LogP contribution in [0.4, 0.5) is 0 Å². The van der Waals surface area contributed by atoms with E-state index < -0.39 is 9.84 Å². The lowest BCUT2D eigenvalue weighted by Crippen LogP contribution is -2.13. The molecule has 1 aliphatic carbocycles. The van der Waals surface area contributed by atoms with Gasteiger partial charge in [0.1, 0.15) is 0 Å². The number of fused-ring (bicyclic) bond motifs is 2. The molecule has 1 saturated heterocycles. The van der Waals surface area contributed by atoms with Gasteiger partial charge in [-0.05, 0) is 128 Å². The Labute approximate surface area is 583 Å². The predicted molar refractivity (Wildman–Crippen MR) is 426 cm³/mol. The molecular weight excluding hydrogens is 1160 g/mol. The Hall–Kier alpha value is -4.67. The Kier molecular flexibility index (Phi) is 80.7. The summed E-state index contributed by atoms with van der Waals surface area (Å²) in [5.41, 5.74) is 6.68. The van der Waals surface area contributed by atoms with Crippen LogP contribution in [-0.4, -0.2) is 68.7 Å². The third-order valence-corrected chi connectivity index (χ3v) is 12.1. The fraction of sp³-hybridized carbons (Fsp3) is 0.687. The molecule has 2 fully saturated rings. The summed E-state index contributed by atoms with van der Waals surface area (Å²) in [7, 11) is 3.13. The van der Waals surface area contributed by atoms with Crippen molar-refractivity contribution in [2.75, 3.05) is 25.9 Å². The van der Waals surface area contributed by atoms with E-state index in [1.807, 2.05) is 121 Å². The zero-order valence-electron chi connectivity index (χ0n) is 69.1. The summed E-state index contributed by atoms with van der Waals surface area (Å²) in [5.74, 6) is 3.55. The maximum Gasteiger partial charge on any atom is 0.196 e. The summed E-state index contributed by atoms with van der Waals surface area (Å²) in [5, 5.41) is 9.64. The monoisotopic (exact) mass is 1320 g/mol. The van der Waals surface area contributed by atoms with Gasteiger partial charge in [0.25, 0.3) is 0 Å². The number of benzene rings is 2. The molecule has 0 atom stereocenters. The highest BCUT2D eigenvalue weighted by atomic mass is 32.2. The summed E-state index contributed by atoms with van der Waals surface area (Å²) in [4.78, 5) is 9.97. The summed E-state index contributed by atoms with van der Waals surface area (Å²) in [6.45, 7) is 76.5. The molecule has 0 amide bonds. The smallest absolute Gasteiger partial charge is 0.196 e. The summed E-state index contributed by atoms with van der Waals surface area (Å²) < 4.78 is 26.3. The molecule has 546 valence electrons. The van der Waals surface area contributed by atoms with Crippen LogP contribution in [0.25, 0.3) is 10.9 Å². The third-order valence-electron chi connectivity index (χ3n) is 10.4. The van der Waals surface area contributed by atoms with Gasteiger partial charge in [-0.25, -0.2) is 13.4 Å². The van der Waals surface area contributed by atoms with Gasteiger partial charge in [-0.1, -0.05) is 340 Å². The van der Waals surface area contributed by atoms with Gasteiger partial charge in [0.2, 0.25) is 0 Å². The molecular formula is C83H161N7O2S. The van der Waals surface area contributed by atoms with Crippen LogP contribution in [0.5, 0.6) is 0 Å². The molecule has 93 heavy (non-hydrogen) atoms. The second kappa shape index (κ2) is 70.1. The molecule has 0 N–H and O–H groups in total. The van der Waals surface area contributed by atoms with Gasteiger partial charge in [-0.2, -0.15) is 0 Å². The normalized spacial score (nSPS) is 12.4. The largest absolute Gasteiger partial charge is 0.351 e. The fourth-order valence-electron chi connectivity index (χ4n) is 6.74. The number of para-hydroxylation sites is 1. The molecule has 0 unspecified atom stereocenters. The van der Waals surface area contributed by atoms with Crippen molar-refractivity contribution >= 4 is 20.7 Å². The number of hydrogen-bond acceptors (Lipinski definition) is 7. The number of rotatable bonds is 0. The number of aryl methyl sites for hydroxylation is 3. The first-order valence-electron chi connectivity index (χ1n) is 36.6. The van der Waals surface area contributed by atoms with Crippen LogP contribution in [0, 0.1) is 36.0 Å². The average Bonchev–Trinajstić information content (AvgIpc) is 1.74. The van der Waals surface area contributed by atoms with E-state index >= 15 is 0 Å². The van der Waals surface area contributed by atoms with E-state index in [4.69, 9.17) is 0 Å². The number of likely N-dealkylation sites (tertiary alicyclic amines) is 1. The van der Waals surface area contributed by atoms with E-state index in [0.29, 0.717) is 17.3 Å². The number of aromatic nitrogens is 6. The van der Waals surface area contributed by atoms with Crippen molar-refractivity contribution in [3.05, 3.63) is 138 Å². The van der Waals surface area contributed by atoms with E-state index in [9.17, 15) is 8.42 Å². The standard InChI is InChI=1S/C10H14.C9H9N.C8H15N3.C7H7NO2S.C6H12.C5H11N.C5H5N.C5H12.4C4H10.6C2H6/c1-10(2,3)9-7-5-4-6-8-9;1-10-7-6-8-4-2-3-5-9(8)10;1-6-7(8(2,3)4)9-10-11(6)5;9-11(10)5-3-6-2-1-4-8-7(6)11;1-2-4-6-5-3-1;1-6-4-2-3-5-6;1-2-4-6-5-3-1;1-5(2,3)4;4*1-4(2)3;6*1-2/h4-8H,1-3H3;2-7H,1H3;1-5H3;1-2,4H,3,5H2;1-6H2;2-5H2,1H3;1-5H;1-4H3;4*4H,1-3H3;6*1-2H3. The Bertz CT molecular complexity index is 2380. The van der Waals surface area contributed by atoms with E-state index in [1.165, 1.54) is 87.1 Å². The van der Waals surface area contributed by atoms with Crippen molar-refractivity contribution in [1.29, 1.82) is 0 Å². The molecule has 2 aliphatic heterocycles. The molecule has 6 heterocycles. The zero-order valence-corrected chi connectivity index (χ0v) is 69.9. The molecule has 0 spiro atoms. The minimum absolute atomic E-state index is 0.109. The molecule has 1 saturated carbocycles. The molecule has 4 aromatic heterocycles. The molecule has 9 rings (SSSR count). The van der Waals surface area contributed by atoms with Crippen molar-refractivity contribution in [2.24, 2.45) is 43.2 Å². The van der Waals surface area contributed by atoms with Crippen LogP contribution < -0.4 is 0 Å². The van der Waals surface area contributed by atoms with Crippen LogP contribution in [0.2, 0.25) is 0 Å². The second-order valence-corrected chi connectivity index (χ2v) is 29.6. The number of nitrogens with zero attached hydrogens (tertiary/aromatic N) is 7. The summed E-state index contributed by atoms with van der Waals surface area (Å²) >= 11 is 0. The van der Waals surface area contributed by atoms with Gasteiger partial charge in [0.15, 0.2) is 14.9 Å². The lowest BCUT2D eigenvalue weighted by atomic mass is 9.87. The minimum Gasteiger partial charge on any atom is -0.351 e. The Morgan fingerprint density at radius 3 is 1.08 bits per heavy atom.